The molecule has 0 N–H and O–H groups in total. The van der Waals surface area contributed by atoms with E-state index in [-0.39, 0.29) is 0 Å². The SMILES string of the molecule is c1cc(-c2ccc(N(c3ccc(-c4cccc(-n5c6ccccc6c6ccccc65)c4)cc3)c3ccc(-c4ccc5c(c4)oc4c6ccccc6ccc54)cc3)cc2)cc(-c2cc3ccccc3c3ccccc23)c1. The quantitative estimate of drug-likeness (QED) is 0.142. The molecule has 0 fully saturated rings. The molecule has 0 aliphatic carbocycles. The van der Waals surface area contributed by atoms with Gasteiger partial charge in [-0.1, -0.05) is 188 Å². The number of para-hydroxylation sites is 2. The highest BCUT2D eigenvalue weighted by molar-refractivity contribution is 6.16. The molecule has 13 aromatic carbocycles. The predicted octanol–water partition coefficient (Wildman–Crippen LogP) is 20.3. The van der Waals surface area contributed by atoms with Crippen LogP contribution in [0.15, 0.2) is 283 Å². The number of furan rings is 1. The molecule has 0 amide bonds. The first-order valence-electron chi connectivity index (χ1n) is 25.7. The molecule has 2 heterocycles. The van der Waals surface area contributed by atoms with Gasteiger partial charge in [-0.15, -0.1) is 0 Å². The zero-order valence-electron chi connectivity index (χ0n) is 40.9. The number of benzene rings is 13. The van der Waals surface area contributed by atoms with Crippen LogP contribution in [0, 0.1) is 0 Å². The van der Waals surface area contributed by atoms with Gasteiger partial charge in [0.25, 0.3) is 0 Å². The molecule has 0 spiro atoms. The van der Waals surface area contributed by atoms with Crippen LogP contribution in [0.2, 0.25) is 0 Å². The number of hydrogen-bond acceptors (Lipinski definition) is 2. The van der Waals surface area contributed by atoms with Crippen molar-refractivity contribution in [3.8, 4) is 50.2 Å². The van der Waals surface area contributed by atoms with Crippen molar-refractivity contribution in [1.82, 2.24) is 4.57 Å². The van der Waals surface area contributed by atoms with E-state index < -0.39 is 0 Å². The number of nitrogens with zero attached hydrogens (tertiary/aromatic N) is 2. The van der Waals surface area contributed by atoms with E-state index in [2.05, 4.69) is 289 Å². The van der Waals surface area contributed by atoms with Crippen LogP contribution in [0.25, 0.3) is 126 Å². The Bertz CT molecular complexity index is 4640. The van der Waals surface area contributed by atoms with E-state index in [1.165, 1.54) is 65.4 Å². The van der Waals surface area contributed by atoms with Crippen molar-refractivity contribution in [2.75, 3.05) is 4.90 Å². The highest BCUT2D eigenvalue weighted by atomic mass is 16.3. The van der Waals surface area contributed by atoms with Gasteiger partial charge in [-0.3, -0.25) is 0 Å². The summed E-state index contributed by atoms with van der Waals surface area (Å²) < 4.78 is 8.98. The van der Waals surface area contributed by atoms with Crippen molar-refractivity contribution in [3.63, 3.8) is 0 Å². The highest BCUT2D eigenvalue weighted by Gasteiger charge is 2.18. The molecule has 0 aliphatic rings. The molecule has 2 aromatic heterocycles. The van der Waals surface area contributed by atoms with Crippen molar-refractivity contribution in [1.29, 1.82) is 0 Å². The second-order valence-electron chi connectivity index (χ2n) is 19.6. The third-order valence-corrected chi connectivity index (χ3v) is 15.4. The smallest absolute Gasteiger partial charge is 0.143 e. The fourth-order valence-corrected chi connectivity index (χ4v) is 11.7. The third kappa shape index (κ3) is 7.20. The molecule has 0 radical (unpaired) electrons. The average molecular weight is 955 g/mol. The van der Waals surface area contributed by atoms with Crippen LogP contribution < -0.4 is 4.90 Å². The zero-order chi connectivity index (χ0) is 49.4. The fourth-order valence-electron chi connectivity index (χ4n) is 11.7. The third-order valence-electron chi connectivity index (χ3n) is 15.4. The number of fused-ring (bicyclic) bond motifs is 11. The summed E-state index contributed by atoms with van der Waals surface area (Å²) in [7, 11) is 0. The van der Waals surface area contributed by atoms with E-state index >= 15 is 0 Å². The zero-order valence-corrected chi connectivity index (χ0v) is 40.9. The Hall–Kier alpha value is -9.96. The lowest BCUT2D eigenvalue weighted by Crippen LogP contribution is -2.09. The van der Waals surface area contributed by atoms with Crippen LogP contribution in [0.3, 0.4) is 0 Å². The number of rotatable bonds is 8. The van der Waals surface area contributed by atoms with E-state index in [0.717, 1.165) is 77.9 Å². The molecule has 0 unspecified atom stereocenters. The van der Waals surface area contributed by atoms with Gasteiger partial charge in [-0.05, 0) is 162 Å². The summed E-state index contributed by atoms with van der Waals surface area (Å²) in [6.45, 7) is 0. The summed E-state index contributed by atoms with van der Waals surface area (Å²) in [4.78, 5) is 2.36. The highest BCUT2D eigenvalue weighted by Crippen LogP contribution is 2.42. The molecule has 3 heteroatoms. The first-order chi connectivity index (χ1) is 37.2. The van der Waals surface area contributed by atoms with Crippen LogP contribution in [-0.4, -0.2) is 4.57 Å². The normalized spacial score (nSPS) is 11.7. The number of aromatic nitrogens is 1. The Morgan fingerprint density at radius 3 is 1.40 bits per heavy atom. The van der Waals surface area contributed by atoms with Gasteiger partial charge in [0.2, 0.25) is 0 Å². The first-order valence-corrected chi connectivity index (χ1v) is 25.7. The van der Waals surface area contributed by atoms with Crippen LogP contribution in [0.5, 0.6) is 0 Å². The van der Waals surface area contributed by atoms with Crippen LogP contribution in [0.4, 0.5) is 17.1 Å². The molecule has 15 rings (SSSR count). The predicted molar refractivity (Wildman–Crippen MR) is 317 cm³/mol. The van der Waals surface area contributed by atoms with Gasteiger partial charge in [-0.2, -0.15) is 0 Å². The fraction of sp³-hybridized carbons (Fsp3) is 0. The van der Waals surface area contributed by atoms with Gasteiger partial charge in [0, 0.05) is 49.7 Å². The molecular weight excluding hydrogens is 909 g/mol. The summed E-state index contributed by atoms with van der Waals surface area (Å²) in [5.41, 5.74) is 17.9. The minimum Gasteiger partial charge on any atom is -0.455 e. The summed E-state index contributed by atoms with van der Waals surface area (Å²) >= 11 is 0. The Balaban J connectivity index is 0.796. The monoisotopic (exact) mass is 954 g/mol. The molecule has 0 bridgehead atoms. The lowest BCUT2D eigenvalue weighted by molar-refractivity contribution is 0.673. The lowest BCUT2D eigenvalue weighted by Gasteiger charge is -2.26. The maximum Gasteiger partial charge on any atom is 0.143 e. The van der Waals surface area contributed by atoms with E-state index in [0.29, 0.717) is 0 Å². The molecule has 0 atom stereocenters. The van der Waals surface area contributed by atoms with E-state index in [9.17, 15) is 0 Å². The summed E-state index contributed by atoms with van der Waals surface area (Å²) in [6.07, 6.45) is 0. The summed E-state index contributed by atoms with van der Waals surface area (Å²) in [5, 5.41) is 12.2. The second-order valence-corrected chi connectivity index (χ2v) is 19.6. The van der Waals surface area contributed by atoms with Gasteiger partial charge < -0.3 is 13.9 Å². The standard InChI is InChI=1S/C72H46N2O/c1-4-20-61-50(13-1)33-42-67-66-41-34-53(46-71(66)75-72(61)67)49-31-39-58(40-32-49)73(57-37-29-48(30-38-57)52-16-12-18-59(44-52)74-69-25-9-7-23-64(69)65-24-8-10-26-70(65)74)56-35-27-47(28-36-56)51-15-11-17-54(43-51)68-45-55-14-2-3-19-60(55)62-21-5-6-22-63(62)68/h1-46H. The lowest BCUT2D eigenvalue weighted by atomic mass is 9.92. The van der Waals surface area contributed by atoms with Crippen LogP contribution in [-0.2, 0) is 0 Å². The maximum atomic E-state index is 6.60. The molecule has 75 heavy (non-hydrogen) atoms. The molecule has 3 nitrogen and oxygen atoms in total. The molecule has 15 aromatic rings. The molecular formula is C72H46N2O. The van der Waals surface area contributed by atoms with Crippen molar-refractivity contribution in [3.05, 3.63) is 279 Å². The van der Waals surface area contributed by atoms with E-state index in [1.807, 2.05) is 0 Å². The van der Waals surface area contributed by atoms with E-state index in [1.54, 1.807) is 0 Å². The number of hydrogen-bond donors (Lipinski definition) is 0. The Kier molecular flexibility index (Phi) is 9.89. The Morgan fingerprint density at radius 2 is 0.747 bits per heavy atom. The Labute approximate surface area is 434 Å². The van der Waals surface area contributed by atoms with Gasteiger partial charge in [-0.25, -0.2) is 0 Å². The summed E-state index contributed by atoms with van der Waals surface area (Å²) in [5.74, 6) is 0. The first kappa shape index (κ1) is 42.7. The molecule has 0 aliphatic heterocycles. The number of anilines is 3. The van der Waals surface area contributed by atoms with Gasteiger partial charge in [0.05, 0.1) is 11.0 Å². The van der Waals surface area contributed by atoms with Crippen molar-refractivity contribution in [2.24, 2.45) is 0 Å². The minimum absolute atomic E-state index is 0.890. The van der Waals surface area contributed by atoms with E-state index in [4.69, 9.17) is 4.42 Å². The minimum atomic E-state index is 0.890. The maximum absolute atomic E-state index is 6.60. The average Bonchev–Trinajstić information content (AvgIpc) is 4.04. The molecule has 350 valence electrons. The Morgan fingerprint density at radius 1 is 0.267 bits per heavy atom. The second kappa shape index (κ2) is 17.4. The summed E-state index contributed by atoms with van der Waals surface area (Å²) in [6, 6.07) is 101. The van der Waals surface area contributed by atoms with Crippen molar-refractivity contribution >= 4 is 93.1 Å². The molecule has 0 saturated carbocycles. The molecule has 0 saturated heterocycles. The van der Waals surface area contributed by atoms with Crippen molar-refractivity contribution < 1.29 is 4.42 Å². The van der Waals surface area contributed by atoms with Gasteiger partial charge in [0.15, 0.2) is 0 Å². The van der Waals surface area contributed by atoms with Gasteiger partial charge >= 0.3 is 0 Å². The van der Waals surface area contributed by atoms with Crippen LogP contribution in [0.1, 0.15) is 0 Å². The van der Waals surface area contributed by atoms with Gasteiger partial charge in [0.1, 0.15) is 11.2 Å². The topological polar surface area (TPSA) is 21.3 Å². The van der Waals surface area contributed by atoms with Crippen LogP contribution >= 0.6 is 0 Å². The largest absolute Gasteiger partial charge is 0.455 e. The van der Waals surface area contributed by atoms with Crippen molar-refractivity contribution in [2.45, 2.75) is 0 Å².